The van der Waals surface area contributed by atoms with Gasteiger partial charge in [-0.05, 0) is 29.2 Å². The molecule has 0 spiro atoms. The third kappa shape index (κ3) is 6.76. The van der Waals surface area contributed by atoms with E-state index >= 15 is 0 Å². The van der Waals surface area contributed by atoms with E-state index in [1.807, 2.05) is 0 Å². The third-order valence-corrected chi connectivity index (χ3v) is 6.89. The van der Waals surface area contributed by atoms with Crippen LogP contribution in [-0.2, 0) is 5.44 Å². The van der Waals surface area contributed by atoms with Crippen molar-refractivity contribution in [2.45, 2.75) is 38.5 Å². The number of nitrogens with zero attached hydrogens (tertiary/aromatic N) is 3. The molecular formula is C27H27BCl2F3N7O. The molecule has 214 valence electrons. The van der Waals surface area contributed by atoms with Gasteiger partial charge in [0, 0.05) is 35.0 Å². The van der Waals surface area contributed by atoms with Crippen molar-refractivity contribution in [3.05, 3.63) is 75.7 Å². The summed E-state index contributed by atoms with van der Waals surface area (Å²) in [5, 5.41) is 28.0. The van der Waals surface area contributed by atoms with E-state index in [0.717, 1.165) is 5.01 Å². The number of β-amino-alcohol motifs (C(OH)–C–C–N with tert-alkyl or cyclic N) is 1. The second-order valence-electron chi connectivity index (χ2n) is 10.8. The summed E-state index contributed by atoms with van der Waals surface area (Å²) in [6, 6.07) is 12.2. The Morgan fingerprint density at radius 2 is 1.88 bits per heavy atom. The second-order valence-corrected chi connectivity index (χ2v) is 11.6. The lowest BCUT2D eigenvalue weighted by Crippen LogP contribution is -2.47. The van der Waals surface area contributed by atoms with E-state index in [-0.39, 0.29) is 21.2 Å². The van der Waals surface area contributed by atoms with Crippen LogP contribution in [0.5, 0.6) is 0 Å². The highest BCUT2D eigenvalue weighted by Crippen LogP contribution is 2.39. The number of rotatable bonds is 8. The van der Waals surface area contributed by atoms with Gasteiger partial charge in [0.15, 0.2) is 6.10 Å². The van der Waals surface area contributed by atoms with Crippen LogP contribution in [0.2, 0.25) is 10.0 Å². The zero-order valence-corrected chi connectivity index (χ0v) is 23.9. The third-order valence-electron chi connectivity index (χ3n) is 6.27. The molecule has 0 amide bonds. The molecule has 2 atom stereocenters. The SMILES string of the molecule is [B]C(Nc1cc(Cl)c2ncc(C#N)c(NCC(C)(C)C)c2c1)(C1=CN(CC(O)C(F)(F)F)NN1)c1ccccc1Cl. The van der Waals surface area contributed by atoms with Crippen LogP contribution in [0.15, 0.2) is 54.5 Å². The molecule has 2 radical (unpaired) electrons. The lowest BCUT2D eigenvalue weighted by molar-refractivity contribution is -0.208. The fraction of sp³-hybridized carbons (Fsp3) is 0.333. The molecule has 1 aliphatic heterocycles. The van der Waals surface area contributed by atoms with E-state index in [4.69, 9.17) is 31.0 Å². The van der Waals surface area contributed by atoms with E-state index in [0.29, 0.717) is 39.9 Å². The number of aromatic nitrogens is 1. The first-order valence-electron chi connectivity index (χ1n) is 12.5. The van der Waals surface area contributed by atoms with Crippen LogP contribution in [-0.4, -0.2) is 48.3 Å². The van der Waals surface area contributed by atoms with E-state index in [1.54, 1.807) is 36.4 Å². The average molecular weight is 604 g/mol. The Morgan fingerprint density at radius 3 is 2.51 bits per heavy atom. The summed E-state index contributed by atoms with van der Waals surface area (Å²) in [5.41, 5.74) is 5.96. The fourth-order valence-electron chi connectivity index (χ4n) is 4.19. The molecule has 14 heteroatoms. The summed E-state index contributed by atoms with van der Waals surface area (Å²) in [4.78, 5) is 4.37. The van der Waals surface area contributed by atoms with Gasteiger partial charge in [-0.2, -0.15) is 18.4 Å². The molecule has 0 saturated heterocycles. The van der Waals surface area contributed by atoms with Gasteiger partial charge in [0.25, 0.3) is 0 Å². The van der Waals surface area contributed by atoms with Gasteiger partial charge >= 0.3 is 6.18 Å². The number of anilines is 2. The van der Waals surface area contributed by atoms with Crippen molar-refractivity contribution in [3.63, 3.8) is 0 Å². The lowest BCUT2D eigenvalue weighted by atomic mass is 9.69. The Kier molecular flexibility index (Phi) is 8.57. The van der Waals surface area contributed by atoms with Crippen molar-refractivity contribution < 1.29 is 18.3 Å². The molecule has 1 aliphatic rings. The van der Waals surface area contributed by atoms with Crippen LogP contribution in [0.4, 0.5) is 24.5 Å². The van der Waals surface area contributed by atoms with E-state index in [9.17, 15) is 23.5 Å². The lowest BCUT2D eigenvalue weighted by Gasteiger charge is -2.35. The topological polar surface area (TPSA) is 108 Å². The maximum atomic E-state index is 13.0. The van der Waals surface area contributed by atoms with Crippen LogP contribution in [0.3, 0.4) is 0 Å². The minimum Gasteiger partial charge on any atom is -0.383 e. The molecule has 0 fully saturated rings. The van der Waals surface area contributed by atoms with Gasteiger partial charge in [-0.3, -0.25) is 9.99 Å². The molecule has 2 heterocycles. The number of hydrogen-bond acceptors (Lipinski definition) is 8. The summed E-state index contributed by atoms with van der Waals surface area (Å²) in [6.45, 7) is 5.91. The second kappa shape index (κ2) is 11.5. The number of aliphatic hydroxyl groups excluding tert-OH is 1. The van der Waals surface area contributed by atoms with Crippen LogP contribution in [0.1, 0.15) is 31.9 Å². The van der Waals surface area contributed by atoms with Crippen LogP contribution in [0.25, 0.3) is 10.9 Å². The highest BCUT2D eigenvalue weighted by molar-refractivity contribution is 6.36. The van der Waals surface area contributed by atoms with E-state index in [2.05, 4.69) is 53.4 Å². The number of aliphatic hydroxyl groups is 1. The largest absolute Gasteiger partial charge is 0.416 e. The Balaban J connectivity index is 1.80. The van der Waals surface area contributed by atoms with Crippen molar-refractivity contribution in [2.75, 3.05) is 23.7 Å². The summed E-state index contributed by atoms with van der Waals surface area (Å²) in [7, 11) is 6.94. The molecule has 1 aromatic heterocycles. The van der Waals surface area contributed by atoms with E-state index < -0.39 is 24.3 Å². The molecule has 5 N–H and O–H groups in total. The van der Waals surface area contributed by atoms with Crippen molar-refractivity contribution in [3.8, 4) is 6.07 Å². The Bertz CT molecular complexity index is 1520. The molecule has 2 unspecified atom stereocenters. The van der Waals surface area contributed by atoms with Gasteiger partial charge in [-0.1, -0.05) is 62.2 Å². The smallest absolute Gasteiger partial charge is 0.383 e. The monoisotopic (exact) mass is 603 g/mol. The number of hydrazine groups is 2. The number of pyridine rings is 1. The van der Waals surface area contributed by atoms with E-state index in [1.165, 1.54) is 12.4 Å². The zero-order valence-electron chi connectivity index (χ0n) is 22.4. The molecular weight excluding hydrogens is 577 g/mol. The number of halogens is 5. The van der Waals surface area contributed by atoms with Crippen LogP contribution in [0, 0.1) is 16.7 Å². The molecule has 2 aromatic carbocycles. The fourth-order valence-corrected chi connectivity index (χ4v) is 4.74. The summed E-state index contributed by atoms with van der Waals surface area (Å²) < 4.78 is 38.9. The van der Waals surface area contributed by atoms with Gasteiger partial charge in [0.2, 0.25) is 0 Å². The molecule has 0 aliphatic carbocycles. The molecule has 41 heavy (non-hydrogen) atoms. The number of benzene rings is 2. The number of fused-ring (bicyclic) bond motifs is 1. The minimum atomic E-state index is -4.81. The van der Waals surface area contributed by atoms with Crippen molar-refractivity contribution in [1.29, 1.82) is 5.26 Å². The van der Waals surface area contributed by atoms with Gasteiger partial charge in [-0.25, -0.2) is 0 Å². The van der Waals surface area contributed by atoms with Crippen molar-refractivity contribution in [2.24, 2.45) is 5.41 Å². The number of nitrogens with one attached hydrogen (secondary N) is 4. The van der Waals surface area contributed by atoms with Crippen LogP contribution < -0.4 is 21.6 Å². The first kappa shape index (κ1) is 30.6. The Hall–Kier alpha value is -3.37. The van der Waals surface area contributed by atoms with Crippen molar-refractivity contribution in [1.82, 2.24) is 21.0 Å². The van der Waals surface area contributed by atoms with Gasteiger partial charge in [0.1, 0.15) is 13.9 Å². The highest BCUT2D eigenvalue weighted by Gasteiger charge is 2.41. The van der Waals surface area contributed by atoms with Gasteiger partial charge in [-0.15, -0.1) is 5.53 Å². The maximum Gasteiger partial charge on any atom is 0.416 e. The minimum absolute atomic E-state index is 0.0996. The van der Waals surface area contributed by atoms with Crippen molar-refractivity contribution >= 4 is 53.3 Å². The Morgan fingerprint density at radius 1 is 1.17 bits per heavy atom. The van der Waals surface area contributed by atoms with Gasteiger partial charge in [0.05, 0.1) is 39.5 Å². The maximum absolute atomic E-state index is 13.0. The number of nitriles is 1. The van der Waals surface area contributed by atoms with Crippen LogP contribution >= 0.6 is 23.2 Å². The molecule has 3 aromatic rings. The quantitative estimate of drug-likeness (QED) is 0.218. The zero-order chi connectivity index (χ0) is 30.2. The summed E-state index contributed by atoms with van der Waals surface area (Å²) >= 11 is 13.2. The van der Waals surface area contributed by atoms with Gasteiger partial charge < -0.3 is 21.2 Å². The summed E-state index contributed by atoms with van der Waals surface area (Å²) in [5.74, 6) is 0. The molecule has 0 saturated carbocycles. The molecule has 0 bridgehead atoms. The number of hydrogen-bond donors (Lipinski definition) is 5. The average Bonchev–Trinajstić information content (AvgIpc) is 3.35. The molecule has 4 rings (SSSR count). The first-order chi connectivity index (χ1) is 19.1. The predicted molar refractivity (Wildman–Crippen MR) is 155 cm³/mol. The normalized spacial score (nSPS) is 16.0. The summed E-state index contributed by atoms with van der Waals surface area (Å²) in [6.07, 6.45) is -4.66. The highest BCUT2D eigenvalue weighted by atomic mass is 35.5. The number of alkyl halides is 3. The standard InChI is InChI=1S/C27H27BCl2F3N7O/c1-25(2,3)14-36-23-15(10-34)11-35-24-17(23)8-16(9-20(24)30)37-26(28,18-6-4-5-7-19(18)29)21-12-40(39-38-21)13-22(41)27(31,32)33/h4-9,11-12,22,37-39,41H,13-14H2,1-3H3,(H,35,36). The first-order valence-corrected chi connectivity index (χ1v) is 13.2. The predicted octanol–water partition coefficient (Wildman–Crippen LogP) is 5.39. The molecule has 8 nitrogen and oxygen atoms in total. The Labute approximate surface area is 246 Å².